The molecule has 102 valence electrons. The summed E-state index contributed by atoms with van der Waals surface area (Å²) in [5, 5.41) is 6.02. The monoisotopic (exact) mass is 304 g/mol. The number of fused-ring (bicyclic) bond motifs is 1. The molecule has 0 aliphatic carbocycles. The molecule has 2 nitrogen and oxygen atoms in total. The Balaban J connectivity index is 1.73. The summed E-state index contributed by atoms with van der Waals surface area (Å²) in [4.78, 5) is 0. The van der Waals surface area contributed by atoms with Gasteiger partial charge in [-0.3, -0.25) is 0 Å². The van der Waals surface area contributed by atoms with Gasteiger partial charge in [-0.25, -0.2) is 0 Å². The van der Waals surface area contributed by atoms with E-state index in [1.807, 2.05) is 36.4 Å². The number of hydrogen-bond donors (Lipinski definition) is 1. The molecular formula is C16H14Cl2N2. The van der Waals surface area contributed by atoms with Gasteiger partial charge in [0.25, 0.3) is 0 Å². The molecule has 3 aromatic rings. The number of halogens is 2. The van der Waals surface area contributed by atoms with Crippen LogP contribution in [0, 0.1) is 0 Å². The van der Waals surface area contributed by atoms with Crippen LogP contribution in [-0.4, -0.2) is 11.1 Å². The first-order chi connectivity index (χ1) is 9.75. The molecule has 1 heterocycles. The SMILES string of the molecule is Clc1ccccc1NCCn1ccc2cccc(Cl)c21. The first-order valence-corrected chi connectivity index (χ1v) is 7.23. The summed E-state index contributed by atoms with van der Waals surface area (Å²) in [7, 11) is 0. The standard InChI is InChI=1S/C16H14Cl2N2/c17-13-5-1-2-7-15(13)19-9-11-20-10-8-12-4-3-6-14(18)16(12)20/h1-8,10,19H,9,11H2. The Morgan fingerprint density at radius 2 is 1.70 bits per heavy atom. The van der Waals surface area contributed by atoms with Gasteiger partial charge in [-0.1, -0.05) is 47.5 Å². The number of hydrogen-bond acceptors (Lipinski definition) is 1. The van der Waals surface area contributed by atoms with Gasteiger partial charge in [0.05, 0.1) is 21.2 Å². The molecule has 0 bridgehead atoms. The van der Waals surface area contributed by atoms with E-state index >= 15 is 0 Å². The highest BCUT2D eigenvalue weighted by Crippen LogP contribution is 2.24. The summed E-state index contributed by atoms with van der Waals surface area (Å²) in [5.41, 5.74) is 2.03. The van der Waals surface area contributed by atoms with Gasteiger partial charge in [0.1, 0.15) is 0 Å². The summed E-state index contributed by atoms with van der Waals surface area (Å²) < 4.78 is 2.15. The van der Waals surface area contributed by atoms with Gasteiger partial charge in [-0.2, -0.15) is 0 Å². The molecule has 0 aliphatic heterocycles. The quantitative estimate of drug-likeness (QED) is 0.713. The molecule has 0 amide bonds. The highest BCUT2D eigenvalue weighted by Gasteiger charge is 2.04. The lowest BCUT2D eigenvalue weighted by Gasteiger charge is -2.10. The second-order valence-corrected chi connectivity index (χ2v) is 5.41. The van der Waals surface area contributed by atoms with E-state index in [1.165, 1.54) is 0 Å². The molecule has 0 atom stereocenters. The molecule has 2 aromatic carbocycles. The second-order valence-electron chi connectivity index (χ2n) is 4.59. The van der Waals surface area contributed by atoms with Crippen molar-refractivity contribution in [3.05, 3.63) is 64.8 Å². The van der Waals surface area contributed by atoms with Crippen molar-refractivity contribution in [1.82, 2.24) is 4.57 Å². The average Bonchev–Trinajstić information content (AvgIpc) is 2.86. The molecule has 0 fully saturated rings. The van der Waals surface area contributed by atoms with Crippen LogP contribution >= 0.6 is 23.2 Å². The Labute approximate surface area is 127 Å². The third-order valence-electron chi connectivity index (χ3n) is 3.28. The van der Waals surface area contributed by atoms with Crippen LogP contribution in [0.5, 0.6) is 0 Å². The van der Waals surface area contributed by atoms with Crippen LogP contribution in [0.2, 0.25) is 10.0 Å². The molecule has 1 aromatic heterocycles. The minimum atomic E-state index is 0.739. The number of anilines is 1. The van der Waals surface area contributed by atoms with Crippen molar-refractivity contribution in [2.75, 3.05) is 11.9 Å². The lowest BCUT2D eigenvalue weighted by atomic mass is 10.2. The van der Waals surface area contributed by atoms with E-state index in [0.717, 1.165) is 39.7 Å². The largest absolute Gasteiger partial charge is 0.382 e. The van der Waals surface area contributed by atoms with Crippen LogP contribution < -0.4 is 5.32 Å². The van der Waals surface area contributed by atoms with Crippen molar-refractivity contribution in [1.29, 1.82) is 0 Å². The Bertz CT molecular complexity index is 734. The van der Waals surface area contributed by atoms with Crippen molar-refractivity contribution in [3.8, 4) is 0 Å². The van der Waals surface area contributed by atoms with E-state index in [1.54, 1.807) is 0 Å². The van der Waals surface area contributed by atoms with Crippen LogP contribution in [0.4, 0.5) is 5.69 Å². The fourth-order valence-corrected chi connectivity index (χ4v) is 2.81. The molecular weight excluding hydrogens is 291 g/mol. The predicted octanol–water partition coefficient (Wildman–Crippen LogP) is 5.06. The number of aromatic nitrogens is 1. The van der Waals surface area contributed by atoms with E-state index < -0.39 is 0 Å². The third kappa shape index (κ3) is 2.62. The molecule has 4 heteroatoms. The Morgan fingerprint density at radius 1 is 0.900 bits per heavy atom. The molecule has 0 spiro atoms. The molecule has 0 radical (unpaired) electrons. The van der Waals surface area contributed by atoms with Crippen molar-refractivity contribution < 1.29 is 0 Å². The van der Waals surface area contributed by atoms with Crippen molar-refractivity contribution in [2.24, 2.45) is 0 Å². The summed E-state index contributed by atoms with van der Waals surface area (Å²) in [5.74, 6) is 0. The second kappa shape index (κ2) is 5.78. The zero-order chi connectivity index (χ0) is 13.9. The van der Waals surface area contributed by atoms with E-state index in [0.29, 0.717) is 0 Å². The fourth-order valence-electron chi connectivity index (χ4n) is 2.32. The Hall–Kier alpha value is -1.64. The predicted molar refractivity (Wildman–Crippen MR) is 86.9 cm³/mol. The van der Waals surface area contributed by atoms with Crippen LogP contribution in [0.25, 0.3) is 10.9 Å². The Kier molecular flexibility index (Phi) is 3.86. The molecule has 20 heavy (non-hydrogen) atoms. The van der Waals surface area contributed by atoms with Gasteiger partial charge in [-0.05, 0) is 24.3 Å². The smallest absolute Gasteiger partial charge is 0.0670 e. The normalized spacial score (nSPS) is 10.9. The molecule has 0 saturated carbocycles. The van der Waals surface area contributed by atoms with Crippen LogP contribution in [0.1, 0.15) is 0 Å². The van der Waals surface area contributed by atoms with Gasteiger partial charge >= 0.3 is 0 Å². The summed E-state index contributed by atoms with van der Waals surface area (Å²) >= 11 is 12.4. The first-order valence-electron chi connectivity index (χ1n) is 6.47. The number of rotatable bonds is 4. The molecule has 0 aliphatic rings. The number of benzene rings is 2. The fraction of sp³-hybridized carbons (Fsp3) is 0.125. The van der Waals surface area contributed by atoms with Crippen molar-refractivity contribution in [3.63, 3.8) is 0 Å². The molecule has 0 saturated heterocycles. The highest BCUT2D eigenvalue weighted by molar-refractivity contribution is 6.35. The van der Waals surface area contributed by atoms with Crippen LogP contribution in [0.3, 0.4) is 0 Å². The number of nitrogens with zero attached hydrogens (tertiary/aromatic N) is 1. The lowest BCUT2D eigenvalue weighted by Crippen LogP contribution is -2.10. The number of nitrogens with one attached hydrogen (secondary N) is 1. The zero-order valence-electron chi connectivity index (χ0n) is 10.8. The van der Waals surface area contributed by atoms with E-state index in [4.69, 9.17) is 23.2 Å². The average molecular weight is 305 g/mol. The van der Waals surface area contributed by atoms with Crippen LogP contribution in [0.15, 0.2) is 54.7 Å². The van der Waals surface area contributed by atoms with Crippen molar-refractivity contribution in [2.45, 2.75) is 6.54 Å². The van der Waals surface area contributed by atoms with Gasteiger partial charge in [-0.15, -0.1) is 0 Å². The van der Waals surface area contributed by atoms with Gasteiger partial charge in [0, 0.05) is 24.7 Å². The summed E-state index contributed by atoms with van der Waals surface area (Å²) in [6.07, 6.45) is 2.06. The maximum absolute atomic E-state index is 6.26. The number of para-hydroxylation sites is 2. The van der Waals surface area contributed by atoms with Gasteiger partial charge in [0.2, 0.25) is 0 Å². The summed E-state index contributed by atoms with van der Waals surface area (Å²) in [6.45, 7) is 1.62. The molecule has 3 rings (SSSR count). The van der Waals surface area contributed by atoms with E-state index in [-0.39, 0.29) is 0 Å². The van der Waals surface area contributed by atoms with Crippen molar-refractivity contribution >= 4 is 39.8 Å². The zero-order valence-corrected chi connectivity index (χ0v) is 12.3. The summed E-state index contributed by atoms with van der Waals surface area (Å²) in [6, 6.07) is 15.8. The maximum atomic E-state index is 6.26. The first kappa shape index (κ1) is 13.3. The minimum absolute atomic E-state index is 0.739. The highest BCUT2D eigenvalue weighted by atomic mass is 35.5. The topological polar surface area (TPSA) is 17.0 Å². The van der Waals surface area contributed by atoms with Gasteiger partial charge in [0.15, 0.2) is 0 Å². The minimum Gasteiger partial charge on any atom is -0.382 e. The van der Waals surface area contributed by atoms with E-state index in [9.17, 15) is 0 Å². The van der Waals surface area contributed by atoms with Gasteiger partial charge < -0.3 is 9.88 Å². The van der Waals surface area contributed by atoms with Crippen LogP contribution in [-0.2, 0) is 6.54 Å². The molecule has 0 unspecified atom stereocenters. The maximum Gasteiger partial charge on any atom is 0.0670 e. The lowest BCUT2D eigenvalue weighted by molar-refractivity contribution is 0.757. The third-order valence-corrected chi connectivity index (χ3v) is 3.92. The molecule has 1 N–H and O–H groups in total. The Morgan fingerprint density at radius 3 is 2.55 bits per heavy atom. The van der Waals surface area contributed by atoms with E-state index in [2.05, 4.69) is 28.2 Å².